The Hall–Kier alpha value is -8.77. The van der Waals surface area contributed by atoms with Crippen LogP contribution in [0, 0.1) is 6.92 Å². The van der Waals surface area contributed by atoms with E-state index >= 15 is 0 Å². The number of aryl methyl sites for hydroxylation is 1. The lowest BCUT2D eigenvalue weighted by molar-refractivity contribution is -0.275. The molecule has 2 aliphatic rings. The molecule has 0 bridgehead atoms. The van der Waals surface area contributed by atoms with Crippen LogP contribution in [-0.2, 0) is 107 Å². The van der Waals surface area contributed by atoms with E-state index in [4.69, 9.17) is 55.1 Å². The fourth-order valence-corrected chi connectivity index (χ4v) is 13.2. The largest absolute Gasteiger partial charge is 0.374 e. The topological polar surface area (TPSA) is 178 Å². The molecule has 5 heterocycles. The summed E-state index contributed by atoms with van der Waals surface area (Å²) >= 11 is 2.21. The smallest absolute Gasteiger partial charge is 0.216 e. The standard InChI is InChI=1S/C80H80N6O11S2/c1-56-78(71(87)70-43-82-80(98-70)81-42-66-72(90-48-59-30-14-4-15-31-59)76(94-52-63-38-22-8-23-39-63)74(92-50-61-34-18-6-19-35-61)68(96-66)54-88-46-57-26-10-2-11-27-57)99-79(83-56)65-44-86(85-84-65)45-67-73(91-49-60-32-16-5-17-33-60)77(95-53-64-40-24-9-25-41-64)75(93-51-62-36-20-7-21-37-62)69(97-67)55-89-47-58-28-12-3-13-29-58/h2-41,43-44,66-69,72-77H,42,45-55H2,1H3,(H,81,82)/t66?,67?,68-,69-,72-,73-,74-,75-,76-,77-/m1/s1/i46D,47D,48D,49D,50D,51D,52D,53D/t46?,47?,48?,49?,50?,51?,52?,53?,66?,67?,68-,69-,72-,73-,74-,75-,76-,77-. The first kappa shape index (κ1) is 59.1. The normalized spacial score (nSPS) is 24.5. The highest BCUT2D eigenvalue weighted by atomic mass is 32.1. The number of hydrogen-bond acceptors (Lipinski definition) is 18. The molecule has 11 aromatic rings. The molecule has 0 aliphatic carbocycles. The van der Waals surface area contributed by atoms with Crippen LogP contribution in [0.2, 0.25) is 0 Å². The molecule has 99 heavy (non-hydrogen) atoms. The molecule has 8 aromatic carbocycles. The first-order chi connectivity index (χ1) is 52.2. The molecule has 0 radical (unpaired) electrons. The summed E-state index contributed by atoms with van der Waals surface area (Å²) in [4.78, 5) is 24.8. The van der Waals surface area contributed by atoms with E-state index in [0.717, 1.165) is 22.7 Å². The van der Waals surface area contributed by atoms with E-state index in [0.29, 0.717) is 70.9 Å². The van der Waals surface area contributed by atoms with E-state index in [1.54, 1.807) is 183 Å². The minimum atomic E-state index is -1.31. The quantitative estimate of drug-likeness (QED) is 0.0376. The number of carbonyl (C=O) groups is 1. The average molecular weight is 1370 g/mol. The van der Waals surface area contributed by atoms with Gasteiger partial charge in [-0.25, -0.2) is 14.6 Å². The molecule has 1 N–H and O–H groups in total. The van der Waals surface area contributed by atoms with Crippen LogP contribution in [0.4, 0.5) is 5.13 Å². The predicted octanol–water partition coefficient (Wildman–Crippen LogP) is 14.3. The Kier molecular flexibility index (Phi) is 21.1. The Labute approximate surface area is 596 Å². The molecule has 508 valence electrons. The van der Waals surface area contributed by atoms with Gasteiger partial charge >= 0.3 is 0 Å². The highest BCUT2D eigenvalue weighted by molar-refractivity contribution is 7.20. The number of thiazole rings is 2. The second-order valence-electron chi connectivity index (χ2n) is 23.4. The Morgan fingerprint density at radius 2 is 0.798 bits per heavy atom. The number of carbonyl (C=O) groups excluding carboxylic acids is 1. The summed E-state index contributed by atoms with van der Waals surface area (Å²) in [5.41, 5.74) is 5.13. The number of anilines is 1. The van der Waals surface area contributed by atoms with E-state index in [9.17, 15) is 13.0 Å². The fraction of sp³-hybridized carbons (Fsp3) is 0.287. The van der Waals surface area contributed by atoms with Gasteiger partial charge in [-0.15, -0.1) is 16.4 Å². The van der Waals surface area contributed by atoms with Gasteiger partial charge in [0.2, 0.25) is 5.78 Å². The molecular weight excluding hydrogens is 1290 g/mol. The fourth-order valence-electron chi connectivity index (χ4n) is 11.3. The lowest BCUT2D eigenvalue weighted by Gasteiger charge is -2.46. The summed E-state index contributed by atoms with van der Waals surface area (Å²) in [5.74, 6) is -0.360. The summed E-state index contributed by atoms with van der Waals surface area (Å²) in [6.07, 6.45) is -8.10. The maximum atomic E-state index is 14.8. The number of nitrogens with one attached hydrogen (secondary N) is 1. The third-order valence-corrected chi connectivity index (χ3v) is 18.4. The van der Waals surface area contributed by atoms with Gasteiger partial charge in [0.25, 0.3) is 0 Å². The average Bonchev–Trinajstić information content (AvgIpc) is 1.70. The van der Waals surface area contributed by atoms with Crippen molar-refractivity contribution in [2.45, 2.75) is 127 Å². The number of rotatable bonds is 34. The molecule has 2 saturated heterocycles. The molecule has 17 nitrogen and oxygen atoms in total. The number of benzene rings is 8. The monoisotopic (exact) mass is 1370 g/mol. The highest BCUT2D eigenvalue weighted by Gasteiger charge is 2.50. The predicted molar refractivity (Wildman–Crippen MR) is 380 cm³/mol. The molecule has 18 atom stereocenters. The van der Waals surface area contributed by atoms with Crippen molar-refractivity contribution in [2.24, 2.45) is 0 Å². The summed E-state index contributed by atoms with van der Waals surface area (Å²) in [5, 5.41) is 13.2. The van der Waals surface area contributed by atoms with Crippen molar-refractivity contribution < 1.29 is 63.1 Å². The first-order valence-electron chi connectivity index (χ1n) is 37.2. The zero-order valence-electron chi connectivity index (χ0n) is 62.0. The van der Waals surface area contributed by atoms with Crippen LogP contribution in [0.5, 0.6) is 0 Å². The van der Waals surface area contributed by atoms with Crippen LogP contribution in [0.1, 0.15) is 75.7 Å². The van der Waals surface area contributed by atoms with Gasteiger partial charge in [0.05, 0.1) is 111 Å². The van der Waals surface area contributed by atoms with Crippen LogP contribution in [-0.4, -0.2) is 112 Å². The van der Waals surface area contributed by atoms with Crippen LogP contribution in [0.25, 0.3) is 10.7 Å². The van der Waals surface area contributed by atoms with E-state index in [-0.39, 0.29) is 37.0 Å². The molecule has 13 rings (SSSR count). The Morgan fingerprint density at radius 1 is 0.455 bits per heavy atom. The molecule has 2 fully saturated rings. The summed E-state index contributed by atoms with van der Waals surface area (Å²) < 4.78 is 143. The molecule has 0 saturated carbocycles. The van der Waals surface area contributed by atoms with Crippen molar-refractivity contribution in [1.82, 2.24) is 25.0 Å². The number of nitrogens with zero attached hydrogens (tertiary/aromatic N) is 5. The Morgan fingerprint density at radius 3 is 1.19 bits per heavy atom. The number of aromatic nitrogens is 5. The summed E-state index contributed by atoms with van der Waals surface area (Å²) in [6.45, 7) is -8.88. The van der Waals surface area contributed by atoms with Crippen LogP contribution in [0.3, 0.4) is 0 Å². The van der Waals surface area contributed by atoms with Crippen LogP contribution in [0.15, 0.2) is 255 Å². The van der Waals surface area contributed by atoms with Gasteiger partial charge in [0.1, 0.15) is 71.7 Å². The maximum Gasteiger partial charge on any atom is 0.216 e. The number of ketones is 1. The minimum Gasteiger partial charge on any atom is -0.374 e. The molecule has 19 heteroatoms. The molecule has 2 aliphatic heterocycles. The van der Waals surface area contributed by atoms with Gasteiger partial charge in [-0.2, -0.15) is 0 Å². The van der Waals surface area contributed by atoms with E-state index in [1.807, 2.05) is 72.8 Å². The van der Waals surface area contributed by atoms with Gasteiger partial charge in [0.15, 0.2) is 5.13 Å². The molecule has 0 amide bonds. The summed E-state index contributed by atoms with van der Waals surface area (Å²) in [7, 11) is 0. The van der Waals surface area contributed by atoms with Gasteiger partial charge in [-0.3, -0.25) is 4.79 Å². The van der Waals surface area contributed by atoms with Gasteiger partial charge in [0, 0.05) is 6.54 Å². The first-order valence-corrected chi connectivity index (χ1v) is 34.2. The van der Waals surface area contributed by atoms with Crippen molar-refractivity contribution in [3.8, 4) is 10.7 Å². The van der Waals surface area contributed by atoms with E-state index < -0.39 is 114 Å². The molecule has 0 spiro atoms. The van der Waals surface area contributed by atoms with Crippen LogP contribution < -0.4 is 5.32 Å². The van der Waals surface area contributed by atoms with Crippen molar-refractivity contribution in [1.29, 1.82) is 0 Å². The second kappa shape index (κ2) is 35.3. The van der Waals surface area contributed by atoms with Gasteiger partial charge in [-0.1, -0.05) is 259 Å². The van der Waals surface area contributed by atoms with Crippen molar-refractivity contribution in [3.63, 3.8) is 0 Å². The van der Waals surface area contributed by atoms with Crippen molar-refractivity contribution >= 4 is 33.6 Å². The Balaban J connectivity index is 0.773. The number of hydrogen-bond donors (Lipinski definition) is 1. The lowest BCUT2D eigenvalue weighted by Crippen LogP contribution is -2.62. The third-order valence-electron chi connectivity index (χ3n) is 16.3. The SMILES string of the molecule is [2H]C(OC[C@H]1OC(CNc2ncc(C(=O)c3sc(-c4cn(CC5O[C@H](COC([2H])c6ccccc6)[C@@H](OC([2H])c6ccccc6)[C@H](OC([2H])c6ccccc6)[C@@H]5OC([2H])c5ccccc5)nn4)nc3C)s2)[C@@H](OC([2H])c2ccccc2)[C@@H](OC([2H])c2ccccc2)[C@@H]1OC([2H])c1ccccc1)c1ccccc1. The van der Waals surface area contributed by atoms with Gasteiger partial charge in [-0.05, 0) is 51.4 Å². The highest BCUT2D eigenvalue weighted by Crippen LogP contribution is 2.36. The maximum absolute atomic E-state index is 14.8. The lowest BCUT2D eigenvalue weighted by atomic mass is 9.93. The van der Waals surface area contributed by atoms with Crippen molar-refractivity contribution in [2.75, 3.05) is 25.1 Å². The van der Waals surface area contributed by atoms with Crippen LogP contribution >= 0.6 is 22.7 Å². The van der Waals surface area contributed by atoms with Gasteiger partial charge < -0.3 is 52.7 Å². The van der Waals surface area contributed by atoms with Crippen molar-refractivity contribution in [3.05, 3.63) is 315 Å². The van der Waals surface area contributed by atoms with E-state index in [1.165, 1.54) is 10.9 Å². The van der Waals surface area contributed by atoms with E-state index in [2.05, 4.69) is 20.6 Å². The zero-order chi connectivity index (χ0) is 74.2. The third kappa shape index (κ3) is 19.2. The Bertz CT molecular complexity index is 4510. The molecular formula is C80H80N6O11S2. The summed E-state index contributed by atoms with van der Waals surface area (Å²) in [6, 6.07) is 72.0. The molecule has 10 unspecified atom stereocenters. The number of ether oxygens (including phenoxy) is 10. The zero-order valence-corrected chi connectivity index (χ0v) is 55.6. The minimum absolute atomic E-state index is 0.0417. The molecule has 3 aromatic heterocycles. The second-order valence-corrected chi connectivity index (χ2v) is 25.5.